The molecule has 0 radical (unpaired) electrons. The topological polar surface area (TPSA) is 108 Å². The molecule has 0 unspecified atom stereocenters. The molecule has 1 heterocycles. The fourth-order valence-electron chi connectivity index (χ4n) is 3.72. The van der Waals surface area contributed by atoms with Gasteiger partial charge in [0.25, 0.3) is 0 Å². The summed E-state index contributed by atoms with van der Waals surface area (Å²) in [5, 5.41) is 10.8. The molecule has 1 aliphatic rings. The summed E-state index contributed by atoms with van der Waals surface area (Å²) >= 11 is 2.01. The van der Waals surface area contributed by atoms with Crippen molar-refractivity contribution in [1.29, 1.82) is 0 Å². The minimum Gasteiger partial charge on any atom is -0.452 e. The largest absolute Gasteiger partial charge is 0.452 e. The molecule has 9 heteroatoms. The molecule has 0 amide bonds. The summed E-state index contributed by atoms with van der Waals surface area (Å²) in [5.41, 5.74) is 0.749. The maximum Gasteiger partial charge on any atom is 0.338 e. The fraction of sp³-hybridized carbons (Fsp3) is 0.222. The van der Waals surface area contributed by atoms with Crippen molar-refractivity contribution in [2.45, 2.75) is 30.7 Å². The maximum absolute atomic E-state index is 13.0. The molecule has 0 saturated carbocycles. The number of ether oxygens (including phenoxy) is 4. The van der Waals surface area contributed by atoms with E-state index in [1.54, 1.807) is 91.0 Å². The van der Waals surface area contributed by atoms with Gasteiger partial charge in [-0.15, -0.1) is 0 Å². The van der Waals surface area contributed by atoms with Crippen molar-refractivity contribution in [2.24, 2.45) is 0 Å². The highest BCUT2D eigenvalue weighted by atomic mass is 127. The Morgan fingerprint density at radius 1 is 0.639 bits per heavy atom. The minimum absolute atomic E-state index is 0.228. The third kappa shape index (κ3) is 6.10. The highest BCUT2D eigenvalue weighted by Gasteiger charge is 2.51. The molecule has 1 N–H and O–H groups in total. The highest BCUT2D eigenvalue weighted by molar-refractivity contribution is 14.1. The van der Waals surface area contributed by atoms with Crippen LogP contribution in [0.2, 0.25) is 0 Å². The molecule has 4 rings (SSSR count). The SMILES string of the molecule is O=C(O[C@@H]1[C@H](OC(=O)c2ccccc2)[C@H](CI)O[C@H](O)[C@H]1OC(=O)c1ccccc1)c1ccccc1. The quantitative estimate of drug-likeness (QED) is 0.188. The van der Waals surface area contributed by atoms with Crippen molar-refractivity contribution in [2.75, 3.05) is 4.43 Å². The molecule has 8 nitrogen and oxygen atoms in total. The maximum atomic E-state index is 13.0. The molecule has 3 aromatic rings. The van der Waals surface area contributed by atoms with E-state index in [2.05, 4.69) is 0 Å². The van der Waals surface area contributed by atoms with Gasteiger partial charge >= 0.3 is 17.9 Å². The van der Waals surface area contributed by atoms with Gasteiger partial charge in [0, 0.05) is 4.43 Å². The van der Waals surface area contributed by atoms with Crippen LogP contribution in [0.5, 0.6) is 0 Å². The van der Waals surface area contributed by atoms with Crippen LogP contribution in [0.4, 0.5) is 0 Å². The Morgan fingerprint density at radius 3 is 1.39 bits per heavy atom. The Hall–Kier alpha value is -3.28. The third-order valence-corrected chi connectivity index (χ3v) is 6.39. The molecule has 0 spiro atoms. The van der Waals surface area contributed by atoms with Crippen molar-refractivity contribution in [3.8, 4) is 0 Å². The zero-order valence-corrected chi connectivity index (χ0v) is 21.1. The second-order valence-electron chi connectivity index (χ2n) is 7.93. The van der Waals surface area contributed by atoms with Crippen LogP contribution in [0.15, 0.2) is 91.0 Å². The van der Waals surface area contributed by atoms with E-state index < -0.39 is 48.6 Å². The van der Waals surface area contributed by atoms with E-state index in [1.165, 1.54) is 0 Å². The van der Waals surface area contributed by atoms with Gasteiger partial charge in [0.15, 0.2) is 24.6 Å². The fourth-order valence-corrected chi connectivity index (χ4v) is 4.43. The first-order chi connectivity index (χ1) is 17.5. The number of esters is 3. The highest BCUT2D eigenvalue weighted by Crippen LogP contribution is 2.30. The zero-order chi connectivity index (χ0) is 25.5. The van der Waals surface area contributed by atoms with E-state index >= 15 is 0 Å². The number of benzene rings is 3. The second-order valence-corrected chi connectivity index (χ2v) is 8.81. The molecule has 36 heavy (non-hydrogen) atoms. The summed E-state index contributed by atoms with van der Waals surface area (Å²) in [6, 6.07) is 24.6. The van der Waals surface area contributed by atoms with Crippen molar-refractivity contribution in [3.05, 3.63) is 108 Å². The Morgan fingerprint density at radius 2 is 1.00 bits per heavy atom. The summed E-state index contributed by atoms with van der Waals surface area (Å²) in [5.74, 6) is -2.17. The molecule has 3 aromatic carbocycles. The first-order valence-electron chi connectivity index (χ1n) is 11.2. The van der Waals surface area contributed by atoms with E-state index in [9.17, 15) is 19.5 Å². The van der Waals surface area contributed by atoms with Gasteiger partial charge in [0.2, 0.25) is 0 Å². The standard InChI is InChI=1S/C27H23IO8/c28-16-20-21(34-24(29)17-10-4-1-5-11-17)22(35-25(30)18-12-6-2-7-13-18)23(27(32)33-20)36-26(31)19-14-8-3-9-15-19/h1-15,20-23,27,32H,16H2/t20-,21+,22+,23-,27-/m0/s1. The number of rotatable bonds is 7. The van der Waals surface area contributed by atoms with Crippen molar-refractivity contribution < 1.29 is 38.4 Å². The molecule has 5 atom stereocenters. The molecule has 0 aliphatic carbocycles. The second kappa shape index (κ2) is 12.1. The number of hydrogen-bond acceptors (Lipinski definition) is 8. The lowest BCUT2D eigenvalue weighted by molar-refractivity contribution is -0.274. The van der Waals surface area contributed by atoms with Gasteiger partial charge in [-0.25, -0.2) is 14.4 Å². The smallest absolute Gasteiger partial charge is 0.338 e. The lowest BCUT2D eigenvalue weighted by Crippen LogP contribution is -2.62. The van der Waals surface area contributed by atoms with Crippen LogP contribution in [0, 0.1) is 0 Å². The Balaban J connectivity index is 1.66. The van der Waals surface area contributed by atoms with E-state index in [4.69, 9.17) is 18.9 Å². The van der Waals surface area contributed by atoms with Crippen molar-refractivity contribution >= 4 is 40.5 Å². The molecule has 0 bridgehead atoms. The number of alkyl halides is 1. The summed E-state index contributed by atoms with van der Waals surface area (Å²) in [6.07, 6.45) is -6.44. The number of halogens is 1. The van der Waals surface area contributed by atoms with Crippen molar-refractivity contribution in [1.82, 2.24) is 0 Å². The molecule has 1 fully saturated rings. The Labute approximate surface area is 221 Å². The van der Waals surface area contributed by atoms with Crippen LogP contribution < -0.4 is 0 Å². The number of carbonyl (C=O) groups is 3. The van der Waals surface area contributed by atoms with Gasteiger partial charge in [0.1, 0.15) is 6.10 Å². The first-order valence-corrected chi connectivity index (χ1v) is 12.7. The summed E-state index contributed by atoms with van der Waals surface area (Å²) in [7, 11) is 0. The molecule has 1 aliphatic heterocycles. The van der Waals surface area contributed by atoms with Gasteiger partial charge in [-0.3, -0.25) is 0 Å². The summed E-state index contributed by atoms with van der Waals surface area (Å²) in [6.45, 7) is 0. The van der Waals surface area contributed by atoms with E-state index in [0.717, 1.165) is 0 Å². The van der Waals surface area contributed by atoms with E-state index in [-0.39, 0.29) is 16.7 Å². The van der Waals surface area contributed by atoms with Crippen LogP contribution in [-0.4, -0.2) is 58.1 Å². The predicted molar refractivity (Wildman–Crippen MR) is 137 cm³/mol. The average molecular weight is 602 g/mol. The summed E-state index contributed by atoms with van der Waals surface area (Å²) in [4.78, 5) is 38.7. The average Bonchev–Trinajstić information content (AvgIpc) is 2.93. The molecule has 186 valence electrons. The third-order valence-electron chi connectivity index (χ3n) is 5.52. The monoisotopic (exact) mass is 602 g/mol. The van der Waals surface area contributed by atoms with Crippen LogP contribution >= 0.6 is 22.6 Å². The van der Waals surface area contributed by atoms with Gasteiger partial charge < -0.3 is 24.1 Å². The lowest BCUT2D eigenvalue weighted by atomic mass is 9.98. The van der Waals surface area contributed by atoms with Crippen LogP contribution in [0.3, 0.4) is 0 Å². The van der Waals surface area contributed by atoms with Gasteiger partial charge in [0.05, 0.1) is 16.7 Å². The van der Waals surface area contributed by atoms with Crippen LogP contribution in [-0.2, 0) is 18.9 Å². The molecule has 0 aromatic heterocycles. The number of aliphatic hydroxyl groups is 1. The van der Waals surface area contributed by atoms with Gasteiger partial charge in [-0.05, 0) is 36.4 Å². The Bertz CT molecular complexity index is 1170. The predicted octanol–water partition coefficient (Wildman–Crippen LogP) is 3.82. The van der Waals surface area contributed by atoms with Crippen LogP contribution in [0.25, 0.3) is 0 Å². The lowest BCUT2D eigenvalue weighted by Gasteiger charge is -2.42. The number of aliphatic hydroxyl groups excluding tert-OH is 1. The van der Waals surface area contributed by atoms with E-state index in [1.807, 2.05) is 22.6 Å². The minimum atomic E-state index is -1.63. The van der Waals surface area contributed by atoms with Crippen molar-refractivity contribution in [3.63, 3.8) is 0 Å². The van der Waals surface area contributed by atoms with E-state index in [0.29, 0.717) is 4.43 Å². The normalized spacial score (nSPS) is 23.3. The van der Waals surface area contributed by atoms with Crippen LogP contribution in [0.1, 0.15) is 31.1 Å². The van der Waals surface area contributed by atoms with Gasteiger partial charge in [-0.1, -0.05) is 77.2 Å². The molecular formula is C27H23IO8. The number of hydrogen-bond donors (Lipinski definition) is 1. The Kier molecular flexibility index (Phi) is 8.68. The summed E-state index contributed by atoms with van der Waals surface area (Å²) < 4.78 is 23.0. The van der Waals surface area contributed by atoms with Gasteiger partial charge in [-0.2, -0.15) is 0 Å². The first kappa shape index (κ1) is 25.8. The zero-order valence-electron chi connectivity index (χ0n) is 18.9. The molecular weight excluding hydrogens is 579 g/mol. The number of carbonyl (C=O) groups excluding carboxylic acids is 3. The molecule has 1 saturated heterocycles.